The number of hydrogen-bond acceptors (Lipinski definition) is 0. The summed E-state index contributed by atoms with van der Waals surface area (Å²) in [5.41, 5.74) is 11.9. The molecule has 0 aromatic heterocycles. The Kier molecular flexibility index (Phi) is 5.80. The highest BCUT2D eigenvalue weighted by molar-refractivity contribution is 6.04. The van der Waals surface area contributed by atoms with Gasteiger partial charge in [0.15, 0.2) is 0 Å². The first-order valence-corrected chi connectivity index (χ1v) is 15.1. The van der Waals surface area contributed by atoms with Gasteiger partial charge in [-0.05, 0) is 128 Å². The molecule has 0 radical (unpaired) electrons. The van der Waals surface area contributed by atoms with Crippen molar-refractivity contribution in [2.45, 2.75) is 51.4 Å². The van der Waals surface area contributed by atoms with E-state index >= 15 is 0 Å². The Bertz CT molecular complexity index is 2040. The Morgan fingerprint density at radius 1 is 0.475 bits per heavy atom. The fraction of sp³-hybridized carbons (Fsp3) is 0.200. The molecule has 0 amide bonds. The van der Waals surface area contributed by atoms with Crippen LogP contribution in [0.2, 0.25) is 0 Å². The van der Waals surface area contributed by atoms with E-state index in [0.717, 1.165) is 51.4 Å². The molecule has 0 bridgehead atoms. The number of hydrogen-bond donors (Lipinski definition) is 0. The lowest BCUT2D eigenvalue weighted by molar-refractivity contribution is 0.969. The molecule has 0 nitrogen and oxygen atoms in total. The van der Waals surface area contributed by atoms with Crippen molar-refractivity contribution < 1.29 is 0 Å². The van der Waals surface area contributed by atoms with Crippen LogP contribution in [0.1, 0.15) is 67.2 Å². The number of fused-ring (bicyclic) bond motifs is 4. The summed E-state index contributed by atoms with van der Waals surface area (Å²) in [5.74, 6) is 0. The van der Waals surface area contributed by atoms with Crippen LogP contribution in [-0.2, 0) is 6.42 Å². The van der Waals surface area contributed by atoms with Gasteiger partial charge >= 0.3 is 0 Å². The molecule has 0 N–H and O–H groups in total. The minimum atomic E-state index is 1.10. The van der Waals surface area contributed by atoms with Gasteiger partial charge < -0.3 is 0 Å². The normalized spacial score (nSPS) is 17.7. The lowest BCUT2D eigenvalue weighted by atomic mass is 9.80. The maximum absolute atomic E-state index is 2.53. The second-order valence-corrected chi connectivity index (χ2v) is 11.7. The summed E-state index contributed by atoms with van der Waals surface area (Å²) in [4.78, 5) is 0. The van der Waals surface area contributed by atoms with Gasteiger partial charge in [-0.25, -0.2) is 0 Å². The number of rotatable bonds is 3. The molecule has 0 spiro atoms. The van der Waals surface area contributed by atoms with E-state index in [9.17, 15) is 0 Å². The minimum Gasteiger partial charge on any atom is -0.0763 e. The van der Waals surface area contributed by atoms with Gasteiger partial charge in [0.25, 0.3) is 0 Å². The topological polar surface area (TPSA) is 0 Å². The van der Waals surface area contributed by atoms with Gasteiger partial charge in [-0.15, -0.1) is 0 Å². The highest BCUT2D eigenvalue weighted by Crippen LogP contribution is 2.37. The van der Waals surface area contributed by atoms with Crippen LogP contribution < -0.4 is 20.9 Å². The van der Waals surface area contributed by atoms with Gasteiger partial charge in [0.1, 0.15) is 0 Å². The molecule has 0 saturated carbocycles. The second kappa shape index (κ2) is 9.79. The standard InChI is InChI=1S/C40H34/c1-2-12-31-26-32(25-20-27(31)10-1)40-37-17-7-5-15-35(37)39(36-16-6-8-18-38(36)40)30-23-21-29(22-24-30)34-19-9-13-28-11-3-4-14-33(28)34/h1-5,7,10-18,21,23,26H,6,8-9,19-20,22,24-25H2. The summed E-state index contributed by atoms with van der Waals surface area (Å²) < 4.78 is 0. The Hall–Kier alpha value is -4.16. The van der Waals surface area contributed by atoms with Gasteiger partial charge in [-0.2, -0.15) is 0 Å². The van der Waals surface area contributed by atoms with E-state index in [0.29, 0.717) is 0 Å². The first-order chi connectivity index (χ1) is 19.8. The molecule has 0 heterocycles. The lowest BCUT2D eigenvalue weighted by Crippen LogP contribution is -2.34. The maximum Gasteiger partial charge on any atom is -0.00698 e. The molecule has 40 heavy (non-hydrogen) atoms. The predicted octanol–water partition coefficient (Wildman–Crippen LogP) is 7.21. The van der Waals surface area contributed by atoms with Crippen LogP contribution in [0.5, 0.6) is 0 Å². The summed E-state index contributed by atoms with van der Waals surface area (Å²) in [5, 5.41) is 8.60. The van der Waals surface area contributed by atoms with Crippen molar-refractivity contribution in [2.75, 3.05) is 0 Å². The van der Waals surface area contributed by atoms with Crippen molar-refractivity contribution in [1.82, 2.24) is 0 Å². The molecule has 4 aromatic rings. The largest absolute Gasteiger partial charge is 0.0763 e. The van der Waals surface area contributed by atoms with Gasteiger partial charge in [0.05, 0.1) is 0 Å². The van der Waals surface area contributed by atoms with E-state index in [2.05, 4.69) is 109 Å². The van der Waals surface area contributed by atoms with E-state index in [-0.39, 0.29) is 0 Å². The molecule has 0 saturated heterocycles. The van der Waals surface area contributed by atoms with Crippen LogP contribution in [0.4, 0.5) is 0 Å². The summed E-state index contributed by atoms with van der Waals surface area (Å²) >= 11 is 0. The SMILES string of the molecule is C1=C(C2=c3ccccc3=CCC2)CCC(c2c3c(c(C4=Cc5ccccc5CC4)c4ccccc24)=CCCC=3)=C1. The van der Waals surface area contributed by atoms with E-state index in [1.807, 2.05) is 0 Å². The van der Waals surface area contributed by atoms with Gasteiger partial charge in [-0.3, -0.25) is 0 Å². The molecule has 4 aliphatic rings. The van der Waals surface area contributed by atoms with Crippen LogP contribution in [0.3, 0.4) is 0 Å². The fourth-order valence-corrected chi connectivity index (χ4v) is 7.57. The summed E-state index contributed by atoms with van der Waals surface area (Å²) in [6.45, 7) is 0. The van der Waals surface area contributed by atoms with Crippen molar-refractivity contribution in [3.63, 3.8) is 0 Å². The van der Waals surface area contributed by atoms with Crippen LogP contribution in [0, 0.1) is 0 Å². The monoisotopic (exact) mass is 514 g/mol. The van der Waals surface area contributed by atoms with Crippen molar-refractivity contribution in [2.24, 2.45) is 0 Å². The van der Waals surface area contributed by atoms with E-state index < -0.39 is 0 Å². The molecule has 0 atom stereocenters. The molecular weight excluding hydrogens is 480 g/mol. The van der Waals surface area contributed by atoms with Crippen molar-refractivity contribution in [1.29, 1.82) is 0 Å². The van der Waals surface area contributed by atoms with Crippen LogP contribution >= 0.6 is 0 Å². The third kappa shape index (κ3) is 3.89. The molecule has 0 aliphatic heterocycles. The number of allylic oxidation sites excluding steroid dienone is 5. The first-order valence-electron chi connectivity index (χ1n) is 15.1. The first kappa shape index (κ1) is 23.7. The Balaban J connectivity index is 1.33. The van der Waals surface area contributed by atoms with Crippen LogP contribution in [-0.4, -0.2) is 0 Å². The Morgan fingerprint density at radius 3 is 1.93 bits per heavy atom. The third-order valence-corrected chi connectivity index (χ3v) is 9.43. The summed E-state index contributed by atoms with van der Waals surface area (Å²) in [6.07, 6.45) is 23.8. The summed E-state index contributed by atoms with van der Waals surface area (Å²) in [7, 11) is 0. The molecule has 0 heteroatoms. The zero-order valence-electron chi connectivity index (χ0n) is 23.0. The maximum atomic E-state index is 2.53. The van der Waals surface area contributed by atoms with Crippen LogP contribution in [0.15, 0.2) is 90.5 Å². The van der Waals surface area contributed by atoms with Crippen molar-refractivity contribution >= 4 is 51.8 Å². The lowest BCUT2D eigenvalue weighted by Gasteiger charge is -2.24. The Labute approximate surface area is 236 Å². The van der Waals surface area contributed by atoms with Gasteiger partial charge in [-0.1, -0.05) is 109 Å². The predicted molar refractivity (Wildman–Crippen MR) is 172 cm³/mol. The van der Waals surface area contributed by atoms with Crippen LogP contribution in [0.25, 0.3) is 51.8 Å². The minimum absolute atomic E-state index is 1.10. The number of aryl methyl sites for hydroxylation is 1. The molecule has 8 rings (SSSR count). The van der Waals surface area contributed by atoms with Gasteiger partial charge in [0.2, 0.25) is 0 Å². The molecule has 4 aliphatic carbocycles. The molecule has 0 unspecified atom stereocenters. The highest BCUT2D eigenvalue weighted by atomic mass is 14.3. The fourth-order valence-electron chi connectivity index (χ4n) is 7.57. The van der Waals surface area contributed by atoms with Crippen molar-refractivity contribution in [3.8, 4) is 0 Å². The molecule has 194 valence electrons. The summed E-state index contributed by atoms with van der Waals surface area (Å²) in [6, 6.07) is 27.1. The zero-order chi connectivity index (χ0) is 26.5. The molecule has 0 fully saturated rings. The van der Waals surface area contributed by atoms with Crippen molar-refractivity contribution in [3.05, 3.63) is 134 Å². The second-order valence-electron chi connectivity index (χ2n) is 11.7. The zero-order valence-corrected chi connectivity index (χ0v) is 23.0. The molecular formula is C40H34. The quantitative estimate of drug-likeness (QED) is 0.271. The van der Waals surface area contributed by atoms with E-state index in [1.165, 1.54) is 70.6 Å². The highest BCUT2D eigenvalue weighted by Gasteiger charge is 2.22. The van der Waals surface area contributed by atoms with E-state index in [4.69, 9.17) is 0 Å². The average Bonchev–Trinajstić information content (AvgIpc) is 3.03. The van der Waals surface area contributed by atoms with Gasteiger partial charge in [0, 0.05) is 0 Å². The Morgan fingerprint density at radius 2 is 1.12 bits per heavy atom. The third-order valence-electron chi connectivity index (χ3n) is 9.43. The average molecular weight is 515 g/mol. The molecule has 4 aromatic carbocycles. The number of benzene rings is 4. The van der Waals surface area contributed by atoms with E-state index in [1.54, 1.807) is 5.57 Å². The smallest absolute Gasteiger partial charge is 0.00698 e.